The van der Waals surface area contributed by atoms with Gasteiger partial charge in [0, 0.05) is 63.5 Å². The van der Waals surface area contributed by atoms with E-state index in [0.717, 1.165) is 10.9 Å². The van der Waals surface area contributed by atoms with Gasteiger partial charge in [-0.3, -0.25) is 28.4 Å². The van der Waals surface area contributed by atoms with E-state index in [1.165, 1.54) is 35.1 Å². The first-order chi connectivity index (χ1) is 23.1. The maximum Gasteiger partial charge on any atom is 0.435 e. The van der Waals surface area contributed by atoms with Crippen LogP contribution in [0.25, 0.3) is 16.9 Å². The summed E-state index contributed by atoms with van der Waals surface area (Å²) in [4.78, 5) is 48.9. The van der Waals surface area contributed by atoms with E-state index in [1.54, 1.807) is 21.9 Å². The molecule has 1 aromatic carbocycles. The molecule has 0 saturated carbocycles. The molecular formula is C29H27ClF3N11O4. The molecular weight excluding hydrogens is 659 g/mol. The number of fused-ring (bicyclic) bond motifs is 1. The Morgan fingerprint density at radius 3 is 2.62 bits per heavy atom. The Kier molecular flexibility index (Phi) is 9.17. The van der Waals surface area contributed by atoms with Crippen molar-refractivity contribution in [3.05, 3.63) is 59.3 Å². The SMILES string of the molecule is N#CCn1cc(-c2cnc3c(Nc4ccc(C(=O)N5CCN(C(OC=O)C(=O)NC6CNC6)CC5)c(Cl)c4)nccn23)c(C(F)(F)F)n1. The van der Waals surface area contributed by atoms with Crippen molar-refractivity contribution in [1.29, 1.82) is 5.26 Å². The zero-order valence-electron chi connectivity index (χ0n) is 24.9. The first-order valence-corrected chi connectivity index (χ1v) is 15.0. The van der Waals surface area contributed by atoms with E-state index in [-0.39, 0.29) is 84.5 Å². The Morgan fingerprint density at radius 1 is 1.21 bits per heavy atom. The van der Waals surface area contributed by atoms with Crippen LogP contribution >= 0.6 is 11.6 Å². The molecule has 0 spiro atoms. The minimum Gasteiger partial charge on any atom is -0.439 e. The van der Waals surface area contributed by atoms with Crippen molar-refractivity contribution in [3.8, 4) is 17.3 Å². The second kappa shape index (κ2) is 13.5. The maximum atomic E-state index is 13.8. The van der Waals surface area contributed by atoms with Crippen molar-refractivity contribution in [3.63, 3.8) is 0 Å². The van der Waals surface area contributed by atoms with Gasteiger partial charge in [-0.1, -0.05) is 11.6 Å². The number of carbonyl (C=O) groups is 3. The number of imidazole rings is 1. The van der Waals surface area contributed by atoms with Gasteiger partial charge in [0.1, 0.15) is 6.54 Å². The molecule has 2 saturated heterocycles. The lowest BCUT2D eigenvalue weighted by molar-refractivity contribution is -0.159. The first-order valence-electron chi connectivity index (χ1n) is 14.6. The summed E-state index contributed by atoms with van der Waals surface area (Å²) in [6.45, 7) is 2.21. The Morgan fingerprint density at radius 2 is 1.98 bits per heavy atom. The second-order valence-corrected chi connectivity index (χ2v) is 11.4. The minimum atomic E-state index is -4.77. The number of alkyl halides is 3. The first kappa shape index (κ1) is 32.7. The third-order valence-corrected chi connectivity index (χ3v) is 8.21. The lowest BCUT2D eigenvalue weighted by Crippen LogP contribution is -2.62. The van der Waals surface area contributed by atoms with E-state index in [9.17, 15) is 27.6 Å². The molecule has 250 valence electrons. The van der Waals surface area contributed by atoms with Gasteiger partial charge in [-0.05, 0) is 18.2 Å². The van der Waals surface area contributed by atoms with E-state index in [2.05, 4.69) is 31.0 Å². The number of hydrogen-bond acceptors (Lipinski definition) is 11. The van der Waals surface area contributed by atoms with E-state index in [4.69, 9.17) is 21.6 Å². The van der Waals surface area contributed by atoms with Gasteiger partial charge in [0.25, 0.3) is 18.3 Å². The van der Waals surface area contributed by atoms with Crippen molar-refractivity contribution < 1.29 is 32.3 Å². The van der Waals surface area contributed by atoms with E-state index < -0.39 is 24.0 Å². The fraction of sp³-hybridized carbons (Fsp3) is 0.345. The van der Waals surface area contributed by atoms with Gasteiger partial charge in [0.15, 0.2) is 17.2 Å². The zero-order valence-corrected chi connectivity index (χ0v) is 25.7. The number of halogens is 4. The number of carbonyl (C=O) groups excluding carboxylic acids is 3. The molecule has 3 N–H and O–H groups in total. The van der Waals surface area contributed by atoms with Gasteiger partial charge in [-0.15, -0.1) is 0 Å². The van der Waals surface area contributed by atoms with Crippen molar-refractivity contribution in [2.75, 3.05) is 44.6 Å². The predicted octanol–water partition coefficient (Wildman–Crippen LogP) is 1.88. The Hall–Kier alpha value is -5.25. The van der Waals surface area contributed by atoms with Crippen LogP contribution in [0.15, 0.2) is 43.0 Å². The number of anilines is 2. The molecule has 2 aliphatic heterocycles. The summed E-state index contributed by atoms with van der Waals surface area (Å²) in [7, 11) is 0. The fourth-order valence-corrected chi connectivity index (χ4v) is 5.70. The fourth-order valence-electron chi connectivity index (χ4n) is 5.44. The molecule has 0 aliphatic carbocycles. The Bertz CT molecular complexity index is 1890. The summed E-state index contributed by atoms with van der Waals surface area (Å²) in [5, 5.41) is 21.5. The molecule has 3 aromatic heterocycles. The summed E-state index contributed by atoms with van der Waals surface area (Å²) in [6, 6.07) is 6.40. The number of benzene rings is 1. The van der Waals surface area contributed by atoms with Crippen LogP contribution in [-0.2, 0) is 27.0 Å². The number of aromatic nitrogens is 5. The second-order valence-electron chi connectivity index (χ2n) is 11.0. The molecule has 4 aromatic rings. The Labute approximate surface area is 275 Å². The number of hydrogen-bond donors (Lipinski definition) is 3. The van der Waals surface area contributed by atoms with Crippen LogP contribution in [0.5, 0.6) is 0 Å². The molecule has 48 heavy (non-hydrogen) atoms. The minimum absolute atomic E-state index is 0.0306. The van der Waals surface area contributed by atoms with Gasteiger partial charge in [-0.25, -0.2) is 9.97 Å². The number of nitriles is 1. The lowest BCUT2D eigenvalue weighted by Gasteiger charge is -2.38. The Balaban J connectivity index is 1.15. The quantitative estimate of drug-likeness (QED) is 0.208. The summed E-state index contributed by atoms with van der Waals surface area (Å²) < 4.78 is 48.7. The van der Waals surface area contributed by atoms with E-state index >= 15 is 0 Å². The van der Waals surface area contributed by atoms with Crippen molar-refractivity contribution in [1.82, 2.24) is 44.6 Å². The van der Waals surface area contributed by atoms with Crippen LogP contribution in [0.3, 0.4) is 0 Å². The molecule has 15 nitrogen and oxygen atoms in total. The highest BCUT2D eigenvalue weighted by atomic mass is 35.5. The molecule has 1 unspecified atom stereocenters. The van der Waals surface area contributed by atoms with E-state index in [0.29, 0.717) is 18.8 Å². The normalized spacial score (nSPS) is 16.2. The van der Waals surface area contributed by atoms with Crippen LogP contribution in [0.4, 0.5) is 24.7 Å². The van der Waals surface area contributed by atoms with Crippen molar-refractivity contribution in [2.45, 2.75) is 25.0 Å². The van der Waals surface area contributed by atoms with Crippen LogP contribution in [0, 0.1) is 11.3 Å². The molecule has 1 atom stereocenters. The number of ether oxygens (including phenoxy) is 1. The third-order valence-electron chi connectivity index (χ3n) is 7.90. The highest BCUT2D eigenvalue weighted by molar-refractivity contribution is 6.34. The molecule has 0 bridgehead atoms. The van der Waals surface area contributed by atoms with Crippen LogP contribution in [0.2, 0.25) is 5.02 Å². The van der Waals surface area contributed by atoms with Crippen LogP contribution in [0.1, 0.15) is 16.1 Å². The lowest BCUT2D eigenvalue weighted by atomic mass is 10.1. The molecule has 5 heterocycles. The third kappa shape index (κ3) is 6.60. The van der Waals surface area contributed by atoms with Crippen molar-refractivity contribution in [2.24, 2.45) is 0 Å². The highest BCUT2D eigenvalue weighted by Crippen LogP contribution is 2.37. The number of nitrogens with one attached hydrogen (secondary N) is 3. The van der Waals surface area contributed by atoms with Gasteiger partial charge >= 0.3 is 6.18 Å². The van der Waals surface area contributed by atoms with Gasteiger partial charge < -0.3 is 25.6 Å². The molecule has 2 fully saturated rings. The number of nitrogens with zero attached hydrogens (tertiary/aromatic N) is 8. The number of amides is 2. The van der Waals surface area contributed by atoms with Crippen LogP contribution in [-0.4, -0.2) is 104 Å². The zero-order chi connectivity index (χ0) is 34.0. The average Bonchev–Trinajstić information content (AvgIpc) is 3.67. The topological polar surface area (TPSA) is 175 Å². The molecule has 0 radical (unpaired) electrons. The summed E-state index contributed by atoms with van der Waals surface area (Å²) in [6.07, 6.45) is -0.650. The summed E-state index contributed by atoms with van der Waals surface area (Å²) >= 11 is 6.54. The van der Waals surface area contributed by atoms with Gasteiger partial charge in [0.05, 0.1) is 40.2 Å². The standard InChI is InChI=1S/C29H27ClF3N11O4/c30-21-11-17(1-2-19(21)27(47)41-7-9-42(10-8-41)28(48-16-45)26(46)39-18-12-35-13-18)38-24-25-37-14-22(44(25)6-4-36-24)20-15-43(5-3-34)40-23(20)29(31,32)33/h1-2,4,6,11,14-16,18,28,35H,5,7-10,12-13H2,(H,36,38)(H,39,46). The molecule has 2 aliphatic rings. The monoisotopic (exact) mass is 685 g/mol. The smallest absolute Gasteiger partial charge is 0.435 e. The van der Waals surface area contributed by atoms with Crippen molar-refractivity contribution >= 4 is 47.0 Å². The largest absolute Gasteiger partial charge is 0.439 e. The molecule has 19 heteroatoms. The summed E-state index contributed by atoms with van der Waals surface area (Å²) in [5.74, 6) is -0.550. The molecule has 6 rings (SSSR count). The van der Waals surface area contributed by atoms with Crippen LogP contribution < -0.4 is 16.0 Å². The maximum absolute atomic E-state index is 13.8. The number of piperazine rings is 1. The predicted molar refractivity (Wildman–Crippen MR) is 163 cm³/mol. The molecule has 2 amide bonds. The number of rotatable bonds is 10. The summed E-state index contributed by atoms with van der Waals surface area (Å²) in [5.41, 5.74) is -0.444. The van der Waals surface area contributed by atoms with Gasteiger partial charge in [0.2, 0.25) is 6.23 Å². The average molecular weight is 686 g/mol. The van der Waals surface area contributed by atoms with Gasteiger partial charge in [-0.2, -0.15) is 23.5 Å². The van der Waals surface area contributed by atoms with E-state index in [1.807, 2.05) is 0 Å². The highest BCUT2D eigenvalue weighted by Gasteiger charge is 2.38.